The predicted molar refractivity (Wildman–Crippen MR) is 74.5 cm³/mol. The Morgan fingerprint density at radius 1 is 1.44 bits per heavy atom. The minimum absolute atomic E-state index is 0.175. The molecule has 1 heterocycles. The molecule has 2 atom stereocenters. The molecule has 2 nitrogen and oxygen atoms in total. The summed E-state index contributed by atoms with van der Waals surface area (Å²) in [4.78, 5) is 0. The van der Waals surface area contributed by atoms with E-state index in [1.807, 2.05) is 13.0 Å². The normalized spacial score (nSPS) is 21.6. The second kappa shape index (κ2) is 6.19. The van der Waals surface area contributed by atoms with Crippen LogP contribution >= 0.6 is 0 Å². The quantitative estimate of drug-likeness (QED) is 0.855. The molecule has 18 heavy (non-hydrogen) atoms. The summed E-state index contributed by atoms with van der Waals surface area (Å²) < 4.78 is 13.2. The van der Waals surface area contributed by atoms with Gasteiger partial charge in [0.2, 0.25) is 0 Å². The number of hydrogen-bond acceptors (Lipinski definition) is 2. The molecule has 0 saturated carbocycles. The first-order valence-electron chi connectivity index (χ1n) is 6.91. The molecule has 0 amide bonds. The van der Waals surface area contributed by atoms with Gasteiger partial charge in [-0.05, 0) is 57.4 Å². The number of hydrogen-bond donors (Lipinski definition) is 2. The molecule has 0 bridgehead atoms. The Kier molecular flexibility index (Phi) is 4.59. The van der Waals surface area contributed by atoms with Gasteiger partial charge in [0.1, 0.15) is 5.82 Å². The maximum atomic E-state index is 13.2. The Morgan fingerprint density at radius 2 is 2.28 bits per heavy atom. The van der Waals surface area contributed by atoms with Gasteiger partial charge >= 0.3 is 0 Å². The largest absolute Gasteiger partial charge is 0.382 e. The summed E-state index contributed by atoms with van der Waals surface area (Å²) in [6.45, 7) is 5.31. The first kappa shape index (κ1) is 13.3. The standard InChI is InChI=1S/C15H23FN2/c1-11-6-7-13(16)10-15(11)18-12(2)9-14-5-3-4-8-17-14/h6-7,10,12,14,17-18H,3-5,8-9H2,1-2H3. The SMILES string of the molecule is Cc1ccc(F)cc1NC(C)CC1CCCCN1. The second-order valence-electron chi connectivity index (χ2n) is 5.39. The van der Waals surface area contributed by atoms with E-state index in [1.54, 1.807) is 6.07 Å². The summed E-state index contributed by atoms with van der Waals surface area (Å²) in [5.41, 5.74) is 2.01. The van der Waals surface area contributed by atoms with E-state index >= 15 is 0 Å². The van der Waals surface area contributed by atoms with E-state index in [9.17, 15) is 4.39 Å². The van der Waals surface area contributed by atoms with Crippen LogP contribution in [0.4, 0.5) is 10.1 Å². The fourth-order valence-corrected chi connectivity index (χ4v) is 2.63. The molecule has 1 aliphatic heterocycles. The molecule has 100 valence electrons. The van der Waals surface area contributed by atoms with Crippen LogP contribution in [0.3, 0.4) is 0 Å². The van der Waals surface area contributed by atoms with Crippen molar-refractivity contribution in [1.82, 2.24) is 5.32 Å². The van der Waals surface area contributed by atoms with E-state index < -0.39 is 0 Å². The van der Waals surface area contributed by atoms with E-state index in [0.29, 0.717) is 12.1 Å². The average Bonchev–Trinajstić information content (AvgIpc) is 2.35. The smallest absolute Gasteiger partial charge is 0.125 e. The maximum absolute atomic E-state index is 13.2. The van der Waals surface area contributed by atoms with Crippen LogP contribution in [0.2, 0.25) is 0 Å². The van der Waals surface area contributed by atoms with Gasteiger partial charge < -0.3 is 10.6 Å². The highest BCUT2D eigenvalue weighted by atomic mass is 19.1. The summed E-state index contributed by atoms with van der Waals surface area (Å²) in [6.07, 6.45) is 4.97. The Balaban J connectivity index is 1.89. The van der Waals surface area contributed by atoms with Crippen LogP contribution in [0.25, 0.3) is 0 Å². The van der Waals surface area contributed by atoms with E-state index in [0.717, 1.165) is 24.2 Å². The lowest BCUT2D eigenvalue weighted by molar-refractivity contribution is 0.371. The Morgan fingerprint density at radius 3 is 3.00 bits per heavy atom. The maximum Gasteiger partial charge on any atom is 0.125 e. The molecule has 0 radical (unpaired) electrons. The Labute approximate surface area is 109 Å². The zero-order valence-corrected chi connectivity index (χ0v) is 11.3. The molecule has 3 heteroatoms. The predicted octanol–water partition coefficient (Wildman–Crippen LogP) is 3.47. The molecule has 1 fully saturated rings. The fourth-order valence-electron chi connectivity index (χ4n) is 2.63. The van der Waals surface area contributed by atoms with Crippen molar-refractivity contribution in [2.45, 2.75) is 51.6 Å². The van der Waals surface area contributed by atoms with E-state index in [4.69, 9.17) is 0 Å². The van der Waals surface area contributed by atoms with Gasteiger partial charge in [-0.1, -0.05) is 12.5 Å². The van der Waals surface area contributed by atoms with Gasteiger partial charge in [0.25, 0.3) is 0 Å². The zero-order chi connectivity index (χ0) is 13.0. The van der Waals surface area contributed by atoms with Gasteiger partial charge in [0.15, 0.2) is 0 Å². The van der Waals surface area contributed by atoms with Crippen LogP contribution in [-0.2, 0) is 0 Å². The summed E-state index contributed by atoms with van der Waals surface area (Å²) in [5, 5.41) is 6.97. The molecule has 1 saturated heterocycles. The van der Waals surface area contributed by atoms with Crippen molar-refractivity contribution >= 4 is 5.69 Å². The molecule has 1 aromatic carbocycles. The van der Waals surface area contributed by atoms with E-state index in [2.05, 4.69) is 17.6 Å². The van der Waals surface area contributed by atoms with Crippen LogP contribution < -0.4 is 10.6 Å². The van der Waals surface area contributed by atoms with Crippen molar-refractivity contribution in [1.29, 1.82) is 0 Å². The van der Waals surface area contributed by atoms with Gasteiger partial charge in [0, 0.05) is 17.8 Å². The molecule has 2 rings (SSSR count). The molecule has 2 N–H and O–H groups in total. The number of piperidine rings is 1. The summed E-state index contributed by atoms with van der Waals surface area (Å²) in [6, 6.07) is 5.88. The number of aryl methyl sites for hydroxylation is 1. The molecule has 1 aromatic rings. The molecule has 0 aromatic heterocycles. The number of nitrogens with one attached hydrogen (secondary N) is 2. The molecule has 1 aliphatic rings. The minimum atomic E-state index is -0.175. The number of rotatable bonds is 4. The fraction of sp³-hybridized carbons (Fsp3) is 0.600. The van der Waals surface area contributed by atoms with Crippen LogP contribution in [0, 0.1) is 12.7 Å². The first-order valence-corrected chi connectivity index (χ1v) is 6.91. The third kappa shape index (κ3) is 3.70. The monoisotopic (exact) mass is 250 g/mol. The lowest BCUT2D eigenvalue weighted by Crippen LogP contribution is -2.37. The van der Waals surface area contributed by atoms with Gasteiger partial charge in [0.05, 0.1) is 0 Å². The molecular formula is C15H23FN2. The molecule has 0 spiro atoms. The van der Waals surface area contributed by atoms with E-state index in [1.165, 1.54) is 25.3 Å². The third-order valence-electron chi connectivity index (χ3n) is 3.65. The zero-order valence-electron chi connectivity index (χ0n) is 11.3. The van der Waals surface area contributed by atoms with Crippen molar-refractivity contribution in [3.63, 3.8) is 0 Å². The topological polar surface area (TPSA) is 24.1 Å². The Bertz CT molecular complexity index is 386. The summed E-state index contributed by atoms with van der Waals surface area (Å²) >= 11 is 0. The first-order chi connectivity index (χ1) is 8.65. The lowest BCUT2D eigenvalue weighted by atomic mass is 9.98. The van der Waals surface area contributed by atoms with Crippen molar-refractivity contribution in [2.75, 3.05) is 11.9 Å². The summed E-state index contributed by atoms with van der Waals surface area (Å²) in [5.74, 6) is -0.175. The van der Waals surface area contributed by atoms with Crippen LogP contribution in [0.1, 0.15) is 38.2 Å². The molecule has 2 unspecified atom stereocenters. The molecule has 0 aliphatic carbocycles. The number of benzene rings is 1. The van der Waals surface area contributed by atoms with Crippen molar-refractivity contribution in [3.05, 3.63) is 29.6 Å². The van der Waals surface area contributed by atoms with Crippen LogP contribution in [0.5, 0.6) is 0 Å². The van der Waals surface area contributed by atoms with Crippen LogP contribution in [0.15, 0.2) is 18.2 Å². The third-order valence-corrected chi connectivity index (χ3v) is 3.65. The highest BCUT2D eigenvalue weighted by molar-refractivity contribution is 5.51. The van der Waals surface area contributed by atoms with Crippen molar-refractivity contribution < 1.29 is 4.39 Å². The highest BCUT2D eigenvalue weighted by Crippen LogP contribution is 2.19. The van der Waals surface area contributed by atoms with Crippen molar-refractivity contribution in [3.8, 4) is 0 Å². The van der Waals surface area contributed by atoms with Gasteiger partial charge in [-0.3, -0.25) is 0 Å². The molecular weight excluding hydrogens is 227 g/mol. The van der Waals surface area contributed by atoms with Gasteiger partial charge in [-0.25, -0.2) is 4.39 Å². The van der Waals surface area contributed by atoms with Gasteiger partial charge in [-0.2, -0.15) is 0 Å². The second-order valence-corrected chi connectivity index (χ2v) is 5.39. The highest BCUT2D eigenvalue weighted by Gasteiger charge is 2.16. The lowest BCUT2D eigenvalue weighted by Gasteiger charge is -2.27. The number of anilines is 1. The minimum Gasteiger partial charge on any atom is -0.382 e. The Hall–Kier alpha value is -1.09. The number of halogens is 1. The van der Waals surface area contributed by atoms with Crippen LogP contribution in [-0.4, -0.2) is 18.6 Å². The summed E-state index contributed by atoms with van der Waals surface area (Å²) in [7, 11) is 0. The van der Waals surface area contributed by atoms with Gasteiger partial charge in [-0.15, -0.1) is 0 Å². The van der Waals surface area contributed by atoms with Crippen molar-refractivity contribution in [2.24, 2.45) is 0 Å². The average molecular weight is 250 g/mol. The van der Waals surface area contributed by atoms with E-state index in [-0.39, 0.29) is 5.82 Å².